The van der Waals surface area contributed by atoms with Crippen molar-refractivity contribution >= 4 is 44.1 Å². The Balaban J connectivity index is 0.000000127. The smallest absolute Gasteiger partial charge is 0.218 e. The second-order valence-corrected chi connectivity index (χ2v) is 9.36. The predicted octanol–water partition coefficient (Wildman–Crippen LogP) is 6.43. The van der Waals surface area contributed by atoms with Crippen molar-refractivity contribution in [1.29, 1.82) is 0 Å². The predicted molar refractivity (Wildman–Crippen MR) is 111 cm³/mol. The van der Waals surface area contributed by atoms with Gasteiger partial charge in [-0.2, -0.15) is 0 Å². The Kier molecular flexibility index (Phi) is 4.16. The normalized spacial score (nSPS) is 29.0. The highest BCUT2D eigenvalue weighted by Gasteiger charge is 2.41. The molecule has 1 heterocycles. The van der Waals surface area contributed by atoms with Gasteiger partial charge < -0.3 is 0 Å². The van der Waals surface area contributed by atoms with Crippen molar-refractivity contribution in [2.45, 2.75) is 38.5 Å². The average Bonchev–Trinajstić information content (AvgIpc) is 2.96. The summed E-state index contributed by atoms with van der Waals surface area (Å²) in [4.78, 5) is 11.2. The topological polar surface area (TPSA) is 22.0 Å². The van der Waals surface area contributed by atoms with E-state index in [0.29, 0.717) is 0 Å². The fraction of sp³-hybridized carbons (Fsp3) is 0.435. The molecule has 0 saturated heterocycles. The number of nitrogens with zero attached hydrogens (tertiary/aromatic N) is 1. The van der Waals surface area contributed by atoms with Crippen LogP contribution in [0.2, 0.25) is 0 Å². The van der Waals surface area contributed by atoms with E-state index < -0.39 is 0 Å². The highest BCUT2D eigenvalue weighted by atomic mass is 79.9. The number of hydrogen-bond acceptors (Lipinski definition) is 1. The van der Waals surface area contributed by atoms with Crippen molar-refractivity contribution in [3.63, 3.8) is 0 Å². The largest absolute Gasteiger partial charge is 0.281 e. The van der Waals surface area contributed by atoms with E-state index in [1.165, 1.54) is 23.7 Å². The van der Waals surface area contributed by atoms with E-state index in [2.05, 4.69) is 15.9 Å². The van der Waals surface area contributed by atoms with E-state index in [9.17, 15) is 4.79 Å². The Labute approximate surface area is 162 Å². The lowest BCUT2D eigenvalue weighted by Gasteiger charge is -2.49. The first-order chi connectivity index (χ1) is 12.7. The standard InChI is InChI=1S/C13H8BrNO.C10H16/c14-11-6-3-5-10-9-4-1-2-7-12(9)15(8-16)13(10)11;1-7-2-9-4-8(1)5-10(3-7)6-9/h1-8H;7-10H,1-6H2. The molecule has 4 saturated carbocycles. The van der Waals surface area contributed by atoms with Crippen LogP contribution in [0.1, 0.15) is 38.5 Å². The van der Waals surface area contributed by atoms with Crippen LogP contribution in [0.5, 0.6) is 0 Å². The molecule has 3 aromatic rings. The van der Waals surface area contributed by atoms with Crippen molar-refractivity contribution in [3.8, 4) is 0 Å². The number of rotatable bonds is 1. The summed E-state index contributed by atoms with van der Waals surface area (Å²) in [5.74, 6) is 4.71. The van der Waals surface area contributed by atoms with Crippen molar-refractivity contribution in [2.75, 3.05) is 0 Å². The molecule has 0 radical (unpaired) electrons. The highest BCUT2D eigenvalue weighted by Crippen LogP contribution is 2.53. The zero-order valence-electron chi connectivity index (χ0n) is 14.9. The minimum atomic E-state index is 0.857. The number of fused-ring (bicyclic) bond motifs is 3. The van der Waals surface area contributed by atoms with E-state index in [1.54, 1.807) is 43.1 Å². The Hall–Kier alpha value is -1.61. The molecule has 0 spiro atoms. The zero-order chi connectivity index (χ0) is 17.7. The van der Waals surface area contributed by atoms with E-state index in [-0.39, 0.29) is 0 Å². The summed E-state index contributed by atoms with van der Waals surface area (Å²) < 4.78 is 2.61. The Morgan fingerprint density at radius 3 is 1.88 bits per heavy atom. The van der Waals surface area contributed by atoms with Gasteiger partial charge in [0.15, 0.2) is 0 Å². The minimum absolute atomic E-state index is 0.857. The molecule has 0 aliphatic heterocycles. The van der Waals surface area contributed by atoms with Gasteiger partial charge >= 0.3 is 0 Å². The van der Waals surface area contributed by atoms with Crippen LogP contribution in [0, 0.1) is 23.7 Å². The minimum Gasteiger partial charge on any atom is -0.281 e. The highest BCUT2D eigenvalue weighted by molar-refractivity contribution is 9.10. The number of aromatic nitrogens is 1. The van der Waals surface area contributed by atoms with Gasteiger partial charge in [-0.1, -0.05) is 30.3 Å². The summed E-state index contributed by atoms with van der Waals surface area (Å²) in [6.07, 6.45) is 10.5. The van der Waals surface area contributed by atoms with Crippen LogP contribution in [-0.2, 0) is 4.79 Å². The van der Waals surface area contributed by atoms with Crippen LogP contribution in [0.15, 0.2) is 46.9 Å². The van der Waals surface area contributed by atoms with Crippen LogP contribution in [-0.4, -0.2) is 11.0 Å². The quantitative estimate of drug-likeness (QED) is 0.424. The number of carbonyl (C=O) groups is 1. The van der Waals surface area contributed by atoms with E-state index in [0.717, 1.165) is 32.7 Å². The molecule has 4 fully saturated rings. The summed E-state index contributed by atoms with van der Waals surface area (Å²) in [6, 6.07) is 13.9. The van der Waals surface area contributed by atoms with Crippen molar-refractivity contribution < 1.29 is 4.79 Å². The van der Waals surface area contributed by atoms with Gasteiger partial charge in [0.25, 0.3) is 0 Å². The van der Waals surface area contributed by atoms with Crippen LogP contribution >= 0.6 is 15.9 Å². The lowest BCUT2D eigenvalue weighted by Crippen LogP contribution is -2.38. The third-order valence-corrected chi connectivity index (χ3v) is 7.43. The number of hydrogen-bond donors (Lipinski definition) is 0. The van der Waals surface area contributed by atoms with Gasteiger partial charge in [-0.3, -0.25) is 9.36 Å². The van der Waals surface area contributed by atoms with Crippen molar-refractivity contribution in [1.82, 2.24) is 4.57 Å². The fourth-order valence-corrected chi connectivity index (χ4v) is 6.66. The van der Waals surface area contributed by atoms with Gasteiger partial charge in [0.1, 0.15) is 0 Å². The SMILES string of the molecule is C1C2CC3CC1CC(C2)C3.O=Cn1c2ccccc2c2cccc(Br)c21. The second-order valence-electron chi connectivity index (χ2n) is 8.51. The average molecular weight is 410 g/mol. The van der Waals surface area contributed by atoms with Gasteiger partial charge in [0.05, 0.1) is 11.0 Å². The molecule has 4 aliphatic carbocycles. The Morgan fingerprint density at radius 1 is 0.769 bits per heavy atom. The van der Waals surface area contributed by atoms with Gasteiger partial charge in [-0.15, -0.1) is 0 Å². The number of para-hydroxylation sites is 2. The van der Waals surface area contributed by atoms with Crippen molar-refractivity contribution in [3.05, 3.63) is 46.9 Å². The summed E-state index contributed by atoms with van der Waals surface area (Å²) in [6.45, 7) is 0. The van der Waals surface area contributed by atoms with Crippen LogP contribution in [0.25, 0.3) is 21.8 Å². The van der Waals surface area contributed by atoms with E-state index in [4.69, 9.17) is 0 Å². The third-order valence-electron chi connectivity index (χ3n) is 6.79. The molecule has 2 nitrogen and oxygen atoms in total. The summed E-state index contributed by atoms with van der Waals surface area (Å²) in [5, 5.41) is 2.20. The molecular formula is C23H24BrNO. The molecule has 0 atom stereocenters. The van der Waals surface area contributed by atoms with Gasteiger partial charge in [-0.05, 0) is 90.3 Å². The maximum Gasteiger partial charge on any atom is 0.218 e. The molecule has 134 valence electrons. The van der Waals surface area contributed by atoms with Gasteiger partial charge in [-0.25, -0.2) is 0 Å². The van der Waals surface area contributed by atoms with E-state index in [1.807, 2.05) is 42.5 Å². The van der Waals surface area contributed by atoms with Crippen LogP contribution in [0.3, 0.4) is 0 Å². The molecule has 1 aromatic heterocycles. The van der Waals surface area contributed by atoms with Crippen molar-refractivity contribution in [2.24, 2.45) is 23.7 Å². The molecule has 0 unspecified atom stereocenters. The number of halogens is 1. The first-order valence-corrected chi connectivity index (χ1v) is 10.6. The van der Waals surface area contributed by atoms with Gasteiger partial charge in [0.2, 0.25) is 6.41 Å². The monoisotopic (exact) mass is 409 g/mol. The summed E-state index contributed by atoms with van der Waals surface area (Å²) in [7, 11) is 0. The first-order valence-electron chi connectivity index (χ1n) is 9.85. The molecular weight excluding hydrogens is 386 g/mol. The molecule has 26 heavy (non-hydrogen) atoms. The Morgan fingerprint density at radius 2 is 1.31 bits per heavy atom. The molecule has 4 aliphatic rings. The lowest BCUT2D eigenvalue weighted by atomic mass is 9.56. The fourth-order valence-electron chi connectivity index (χ4n) is 6.10. The lowest BCUT2D eigenvalue weighted by molar-refractivity contribution is 0.0198. The van der Waals surface area contributed by atoms with E-state index >= 15 is 0 Å². The molecule has 0 N–H and O–H groups in total. The second kappa shape index (κ2) is 6.53. The number of benzene rings is 2. The summed E-state index contributed by atoms with van der Waals surface area (Å²) in [5.41, 5.74) is 1.87. The first kappa shape index (κ1) is 16.6. The molecule has 7 rings (SSSR count). The maximum atomic E-state index is 11.2. The molecule has 2 aromatic carbocycles. The maximum absolute atomic E-state index is 11.2. The summed E-state index contributed by atoms with van der Waals surface area (Å²) >= 11 is 3.49. The Bertz CT molecular complexity index is 916. The third kappa shape index (κ3) is 2.72. The number of carbonyl (C=O) groups excluding carboxylic acids is 1. The molecule has 4 bridgehead atoms. The van der Waals surface area contributed by atoms with Gasteiger partial charge in [0, 0.05) is 15.2 Å². The van der Waals surface area contributed by atoms with Crippen LogP contribution < -0.4 is 0 Å². The molecule has 3 heteroatoms. The zero-order valence-corrected chi connectivity index (χ0v) is 16.5. The molecule has 0 amide bonds. The van der Waals surface area contributed by atoms with Crippen LogP contribution in [0.4, 0.5) is 0 Å².